The van der Waals surface area contributed by atoms with Crippen molar-refractivity contribution in [3.63, 3.8) is 0 Å². The molecule has 0 spiro atoms. The van der Waals surface area contributed by atoms with Gasteiger partial charge in [-0.3, -0.25) is 4.57 Å². The molecule has 0 bridgehead atoms. The van der Waals surface area contributed by atoms with Gasteiger partial charge in [-0.15, -0.1) is 0 Å². The summed E-state index contributed by atoms with van der Waals surface area (Å²) in [6, 6.07) is 0. The van der Waals surface area contributed by atoms with Crippen molar-refractivity contribution in [3.8, 4) is 0 Å². The SMILES string of the molecule is CCOP(=O)(OCC)C(CCC=C(C)C)C(F)F. The van der Waals surface area contributed by atoms with E-state index in [1.807, 2.05) is 19.9 Å². The van der Waals surface area contributed by atoms with Crippen LogP contribution < -0.4 is 0 Å². The highest BCUT2D eigenvalue weighted by atomic mass is 31.2. The molecule has 0 N–H and O–H groups in total. The fraction of sp³-hybridized carbons (Fsp3) is 0.833. The predicted octanol–water partition coefficient (Wildman–Crippen LogP) is 4.63. The van der Waals surface area contributed by atoms with Crippen LogP contribution in [0.25, 0.3) is 0 Å². The first-order valence-corrected chi connectivity index (χ1v) is 7.78. The van der Waals surface area contributed by atoms with E-state index in [1.54, 1.807) is 13.8 Å². The van der Waals surface area contributed by atoms with Crippen LogP contribution in [0.15, 0.2) is 11.6 Å². The van der Waals surface area contributed by atoms with Crippen LogP contribution in [-0.2, 0) is 13.6 Å². The second kappa shape index (κ2) is 8.78. The van der Waals surface area contributed by atoms with Crippen molar-refractivity contribution in [2.45, 2.75) is 52.6 Å². The lowest BCUT2D eigenvalue weighted by molar-refractivity contribution is 0.113. The molecule has 1 atom stereocenters. The molecule has 0 aliphatic heterocycles. The molecule has 0 rings (SSSR count). The van der Waals surface area contributed by atoms with E-state index in [-0.39, 0.29) is 19.6 Å². The molecule has 108 valence electrons. The third-order valence-electron chi connectivity index (χ3n) is 2.33. The first-order valence-electron chi connectivity index (χ1n) is 6.17. The van der Waals surface area contributed by atoms with Crippen LogP contribution in [0.2, 0.25) is 0 Å². The van der Waals surface area contributed by atoms with E-state index in [1.165, 1.54) is 0 Å². The Morgan fingerprint density at radius 2 is 1.72 bits per heavy atom. The monoisotopic (exact) mass is 284 g/mol. The normalized spacial score (nSPS) is 13.7. The summed E-state index contributed by atoms with van der Waals surface area (Å²) >= 11 is 0. The Morgan fingerprint density at radius 1 is 1.22 bits per heavy atom. The van der Waals surface area contributed by atoms with E-state index < -0.39 is 19.7 Å². The van der Waals surface area contributed by atoms with Gasteiger partial charge in [-0.25, -0.2) is 8.78 Å². The van der Waals surface area contributed by atoms with Crippen molar-refractivity contribution in [2.75, 3.05) is 13.2 Å². The predicted molar refractivity (Wildman–Crippen MR) is 69.3 cm³/mol. The Labute approximate surface area is 108 Å². The minimum Gasteiger partial charge on any atom is -0.309 e. The number of halogens is 2. The quantitative estimate of drug-likeness (QED) is 0.457. The standard InChI is InChI=1S/C12H23F2O3P/c1-5-16-18(15,17-6-2)11(12(13)14)9-7-8-10(3)4/h8,11-12H,5-7,9H2,1-4H3. The summed E-state index contributed by atoms with van der Waals surface area (Å²) in [6.07, 6.45) is -0.321. The number of allylic oxidation sites excluding steroid dienone is 2. The van der Waals surface area contributed by atoms with Crippen molar-refractivity contribution < 1.29 is 22.4 Å². The van der Waals surface area contributed by atoms with Gasteiger partial charge in [0.25, 0.3) is 6.43 Å². The molecular formula is C12H23F2O3P. The number of hydrogen-bond donors (Lipinski definition) is 0. The van der Waals surface area contributed by atoms with E-state index in [0.29, 0.717) is 6.42 Å². The highest BCUT2D eigenvalue weighted by Crippen LogP contribution is 2.56. The van der Waals surface area contributed by atoms with Gasteiger partial charge in [-0.1, -0.05) is 11.6 Å². The van der Waals surface area contributed by atoms with Gasteiger partial charge in [0.2, 0.25) is 0 Å². The number of alkyl halides is 2. The van der Waals surface area contributed by atoms with Crippen molar-refractivity contribution in [3.05, 3.63) is 11.6 Å². The molecule has 1 unspecified atom stereocenters. The second-order valence-electron chi connectivity index (χ2n) is 4.14. The Balaban J connectivity index is 4.81. The lowest BCUT2D eigenvalue weighted by atomic mass is 10.2. The van der Waals surface area contributed by atoms with Gasteiger partial charge < -0.3 is 9.05 Å². The maximum atomic E-state index is 13.0. The van der Waals surface area contributed by atoms with Gasteiger partial charge in [0, 0.05) is 0 Å². The van der Waals surface area contributed by atoms with E-state index in [9.17, 15) is 13.3 Å². The van der Waals surface area contributed by atoms with Crippen LogP contribution >= 0.6 is 7.60 Å². The Hall–Kier alpha value is -0.250. The molecule has 3 nitrogen and oxygen atoms in total. The molecule has 0 aliphatic carbocycles. The Morgan fingerprint density at radius 3 is 2.06 bits per heavy atom. The van der Waals surface area contributed by atoms with Crippen LogP contribution in [0.5, 0.6) is 0 Å². The summed E-state index contributed by atoms with van der Waals surface area (Å²) in [6.45, 7) is 7.21. The maximum Gasteiger partial charge on any atom is 0.339 e. The fourth-order valence-electron chi connectivity index (χ4n) is 1.55. The van der Waals surface area contributed by atoms with Crippen LogP contribution in [0.4, 0.5) is 8.78 Å². The third kappa shape index (κ3) is 6.07. The van der Waals surface area contributed by atoms with E-state index >= 15 is 0 Å². The molecule has 6 heteroatoms. The summed E-state index contributed by atoms with van der Waals surface area (Å²) in [5.41, 5.74) is -0.307. The van der Waals surface area contributed by atoms with E-state index in [4.69, 9.17) is 9.05 Å². The molecule has 0 saturated carbocycles. The van der Waals surface area contributed by atoms with Crippen molar-refractivity contribution in [2.24, 2.45) is 0 Å². The Kier molecular flexibility index (Phi) is 8.66. The summed E-state index contributed by atoms with van der Waals surface area (Å²) < 4.78 is 48.3. The lowest BCUT2D eigenvalue weighted by Gasteiger charge is -2.25. The highest BCUT2D eigenvalue weighted by Gasteiger charge is 2.41. The molecule has 0 aromatic carbocycles. The molecule has 0 amide bonds. The second-order valence-corrected chi connectivity index (χ2v) is 6.40. The molecular weight excluding hydrogens is 261 g/mol. The van der Waals surface area contributed by atoms with Crippen molar-refractivity contribution in [1.29, 1.82) is 0 Å². The first-order chi connectivity index (χ1) is 8.37. The van der Waals surface area contributed by atoms with Crippen LogP contribution in [0, 0.1) is 0 Å². The summed E-state index contributed by atoms with van der Waals surface area (Å²) in [7, 11) is -3.72. The van der Waals surface area contributed by atoms with Crippen LogP contribution in [-0.4, -0.2) is 25.3 Å². The fourth-order valence-corrected chi connectivity index (χ4v) is 3.47. The number of rotatable bonds is 9. The topological polar surface area (TPSA) is 35.5 Å². The third-order valence-corrected chi connectivity index (χ3v) is 4.86. The van der Waals surface area contributed by atoms with Gasteiger partial charge in [0.1, 0.15) is 5.66 Å². The maximum absolute atomic E-state index is 13.0. The van der Waals surface area contributed by atoms with Gasteiger partial charge in [0.15, 0.2) is 0 Å². The molecule has 0 saturated heterocycles. The van der Waals surface area contributed by atoms with Gasteiger partial charge >= 0.3 is 7.60 Å². The molecule has 0 aliphatic rings. The minimum atomic E-state index is -3.72. The van der Waals surface area contributed by atoms with Crippen molar-refractivity contribution >= 4 is 7.60 Å². The summed E-state index contributed by atoms with van der Waals surface area (Å²) in [5.74, 6) is 0. The van der Waals surface area contributed by atoms with Gasteiger partial charge in [0.05, 0.1) is 13.2 Å². The lowest BCUT2D eigenvalue weighted by Crippen LogP contribution is -2.21. The van der Waals surface area contributed by atoms with Crippen LogP contribution in [0.1, 0.15) is 40.5 Å². The van der Waals surface area contributed by atoms with Crippen molar-refractivity contribution in [1.82, 2.24) is 0 Å². The molecule has 0 radical (unpaired) electrons. The van der Waals surface area contributed by atoms with Gasteiger partial charge in [-0.05, 0) is 40.5 Å². The summed E-state index contributed by atoms with van der Waals surface area (Å²) in [5, 5.41) is 0. The van der Waals surface area contributed by atoms with E-state index in [2.05, 4.69) is 0 Å². The smallest absolute Gasteiger partial charge is 0.309 e. The Bertz CT molecular complexity index is 292. The van der Waals surface area contributed by atoms with Gasteiger partial charge in [-0.2, -0.15) is 0 Å². The highest BCUT2D eigenvalue weighted by molar-refractivity contribution is 7.54. The zero-order chi connectivity index (χ0) is 14.2. The molecule has 0 heterocycles. The molecule has 18 heavy (non-hydrogen) atoms. The average Bonchev–Trinajstić information content (AvgIpc) is 2.23. The van der Waals surface area contributed by atoms with Crippen LogP contribution in [0.3, 0.4) is 0 Å². The minimum absolute atomic E-state index is 0.0973. The summed E-state index contributed by atoms with van der Waals surface area (Å²) in [4.78, 5) is 0. The number of hydrogen-bond acceptors (Lipinski definition) is 3. The molecule has 0 aromatic rings. The zero-order valence-corrected chi connectivity index (χ0v) is 12.4. The zero-order valence-electron chi connectivity index (χ0n) is 11.5. The largest absolute Gasteiger partial charge is 0.339 e. The molecule has 0 aromatic heterocycles. The first kappa shape index (κ1) is 17.8. The van der Waals surface area contributed by atoms with E-state index in [0.717, 1.165) is 5.57 Å². The molecule has 0 fully saturated rings. The average molecular weight is 284 g/mol.